The SMILES string of the molecule is Cn1ccc(C(O)c2ccc(C(=O)O)o2)n1. The monoisotopic (exact) mass is 222 g/mol. The zero-order chi connectivity index (χ0) is 11.7. The summed E-state index contributed by atoms with van der Waals surface area (Å²) in [5.74, 6) is -1.21. The zero-order valence-corrected chi connectivity index (χ0v) is 8.49. The van der Waals surface area contributed by atoms with Gasteiger partial charge in [-0.05, 0) is 18.2 Å². The van der Waals surface area contributed by atoms with E-state index in [0.29, 0.717) is 5.69 Å². The summed E-state index contributed by atoms with van der Waals surface area (Å²) in [4.78, 5) is 10.6. The van der Waals surface area contributed by atoms with E-state index in [4.69, 9.17) is 9.52 Å². The van der Waals surface area contributed by atoms with Crippen molar-refractivity contribution >= 4 is 5.97 Å². The lowest BCUT2D eigenvalue weighted by molar-refractivity contribution is 0.0654. The number of aliphatic hydroxyl groups is 1. The van der Waals surface area contributed by atoms with Crippen LogP contribution >= 0.6 is 0 Å². The number of aliphatic hydroxyl groups excluding tert-OH is 1. The standard InChI is InChI=1S/C10H10N2O4/c1-12-5-4-6(11-12)9(13)7-2-3-8(16-7)10(14)15/h2-5,9,13H,1H3,(H,14,15). The van der Waals surface area contributed by atoms with E-state index in [0.717, 1.165) is 0 Å². The molecular weight excluding hydrogens is 212 g/mol. The van der Waals surface area contributed by atoms with Crippen molar-refractivity contribution in [2.75, 3.05) is 0 Å². The molecule has 0 saturated heterocycles. The highest BCUT2D eigenvalue weighted by atomic mass is 16.4. The average molecular weight is 222 g/mol. The Morgan fingerprint density at radius 3 is 2.75 bits per heavy atom. The van der Waals surface area contributed by atoms with Gasteiger partial charge in [0.05, 0.1) is 5.69 Å². The number of carbonyl (C=O) groups is 1. The van der Waals surface area contributed by atoms with Crippen molar-refractivity contribution in [1.82, 2.24) is 9.78 Å². The van der Waals surface area contributed by atoms with Crippen molar-refractivity contribution in [3.8, 4) is 0 Å². The fourth-order valence-electron chi connectivity index (χ4n) is 1.34. The summed E-state index contributed by atoms with van der Waals surface area (Å²) in [7, 11) is 1.72. The van der Waals surface area contributed by atoms with Crippen LogP contribution in [0.15, 0.2) is 28.8 Å². The van der Waals surface area contributed by atoms with Crippen molar-refractivity contribution in [2.45, 2.75) is 6.10 Å². The molecule has 0 radical (unpaired) electrons. The summed E-state index contributed by atoms with van der Waals surface area (Å²) in [5, 5.41) is 22.5. The number of hydrogen-bond donors (Lipinski definition) is 2. The molecule has 0 fully saturated rings. The topological polar surface area (TPSA) is 88.5 Å². The van der Waals surface area contributed by atoms with Gasteiger partial charge in [-0.15, -0.1) is 0 Å². The Labute approximate surface area is 90.7 Å². The molecule has 84 valence electrons. The number of aromatic nitrogens is 2. The molecule has 0 amide bonds. The van der Waals surface area contributed by atoms with Crippen LogP contribution in [0.4, 0.5) is 0 Å². The Balaban J connectivity index is 2.26. The van der Waals surface area contributed by atoms with E-state index in [1.165, 1.54) is 12.1 Å². The summed E-state index contributed by atoms with van der Waals surface area (Å²) in [6.45, 7) is 0. The van der Waals surface area contributed by atoms with Crippen LogP contribution in [0.5, 0.6) is 0 Å². The molecule has 2 aromatic rings. The first-order valence-electron chi connectivity index (χ1n) is 4.58. The van der Waals surface area contributed by atoms with Crippen LogP contribution in [0.25, 0.3) is 0 Å². The van der Waals surface area contributed by atoms with E-state index in [1.54, 1.807) is 24.0 Å². The second-order valence-corrected chi connectivity index (χ2v) is 3.32. The number of nitrogens with zero attached hydrogens (tertiary/aromatic N) is 2. The van der Waals surface area contributed by atoms with Crippen LogP contribution in [0.2, 0.25) is 0 Å². The lowest BCUT2D eigenvalue weighted by atomic mass is 10.2. The molecule has 6 nitrogen and oxygen atoms in total. The van der Waals surface area contributed by atoms with Gasteiger partial charge in [-0.2, -0.15) is 5.10 Å². The molecule has 1 unspecified atom stereocenters. The van der Waals surface area contributed by atoms with Crippen molar-refractivity contribution in [2.24, 2.45) is 7.05 Å². The normalized spacial score (nSPS) is 12.6. The summed E-state index contributed by atoms with van der Waals surface area (Å²) >= 11 is 0. The zero-order valence-electron chi connectivity index (χ0n) is 8.49. The molecular formula is C10H10N2O4. The van der Waals surface area contributed by atoms with Crippen LogP contribution in [0.1, 0.15) is 28.1 Å². The molecule has 2 aromatic heterocycles. The fourth-order valence-corrected chi connectivity index (χ4v) is 1.34. The molecule has 0 saturated carbocycles. The highest BCUT2D eigenvalue weighted by Crippen LogP contribution is 2.22. The van der Waals surface area contributed by atoms with Gasteiger partial charge in [-0.1, -0.05) is 0 Å². The van der Waals surface area contributed by atoms with E-state index in [9.17, 15) is 9.90 Å². The molecule has 16 heavy (non-hydrogen) atoms. The molecule has 0 aromatic carbocycles. The van der Waals surface area contributed by atoms with Crippen LogP contribution in [-0.4, -0.2) is 26.0 Å². The van der Waals surface area contributed by atoms with Gasteiger partial charge in [-0.25, -0.2) is 4.79 Å². The molecule has 2 N–H and O–H groups in total. The van der Waals surface area contributed by atoms with Crippen LogP contribution in [-0.2, 0) is 7.05 Å². The number of hydrogen-bond acceptors (Lipinski definition) is 4. The Morgan fingerprint density at radius 2 is 2.25 bits per heavy atom. The van der Waals surface area contributed by atoms with Gasteiger partial charge in [-0.3, -0.25) is 4.68 Å². The quantitative estimate of drug-likeness (QED) is 0.801. The van der Waals surface area contributed by atoms with Crippen molar-refractivity contribution in [3.63, 3.8) is 0 Å². The lowest BCUT2D eigenvalue weighted by Crippen LogP contribution is -2.00. The van der Waals surface area contributed by atoms with E-state index >= 15 is 0 Å². The number of rotatable bonds is 3. The minimum Gasteiger partial charge on any atom is -0.475 e. The average Bonchev–Trinajstić information content (AvgIpc) is 2.84. The number of carboxylic acid groups (broad SMARTS) is 1. The molecule has 0 aliphatic carbocycles. The van der Waals surface area contributed by atoms with Gasteiger partial charge in [0.2, 0.25) is 5.76 Å². The maximum absolute atomic E-state index is 10.6. The predicted octanol–water partition coefficient (Wildman–Crippen LogP) is 0.793. The van der Waals surface area contributed by atoms with E-state index in [-0.39, 0.29) is 11.5 Å². The maximum atomic E-state index is 10.6. The summed E-state index contributed by atoms with van der Waals surface area (Å²) < 4.78 is 6.51. The highest BCUT2D eigenvalue weighted by molar-refractivity contribution is 5.84. The predicted molar refractivity (Wildman–Crippen MR) is 52.9 cm³/mol. The number of aryl methyl sites for hydroxylation is 1. The van der Waals surface area contributed by atoms with Crippen LogP contribution in [0.3, 0.4) is 0 Å². The summed E-state index contributed by atoms with van der Waals surface area (Å²) in [5.41, 5.74) is 0.411. The first kappa shape index (κ1) is 10.4. The van der Waals surface area contributed by atoms with E-state index in [1.807, 2.05) is 0 Å². The van der Waals surface area contributed by atoms with E-state index in [2.05, 4.69) is 5.10 Å². The first-order chi connectivity index (χ1) is 7.58. The minimum absolute atomic E-state index is 0.163. The molecule has 0 spiro atoms. The third-order valence-electron chi connectivity index (χ3n) is 2.12. The second kappa shape index (κ2) is 3.82. The number of carboxylic acids is 1. The highest BCUT2D eigenvalue weighted by Gasteiger charge is 2.19. The largest absolute Gasteiger partial charge is 0.475 e. The van der Waals surface area contributed by atoms with Crippen molar-refractivity contribution in [3.05, 3.63) is 41.6 Å². The third-order valence-corrected chi connectivity index (χ3v) is 2.12. The lowest BCUT2D eigenvalue weighted by Gasteiger charge is -2.02. The molecule has 0 aliphatic heterocycles. The number of aromatic carboxylic acids is 1. The van der Waals surface area contributed by atoms with E-state index < -0.39 is 12.1 Å². The van der Waals surface area contributed by atoms with Gasteiger partial charge in [0.1, 0.15) is 5.76 Å². The van der Waals surface area contributed by atoms with Gasteiger partial charge in [0, 0.05) is 13.2 Å². The van der Waals surface area contributed by atoms with Gasteiger partial charge < -0.3 is 14.6 Å². The Hall–Kier alpha value is -2.08. The molecule has 0 aliphatic rings. The Bertz CT molecular complexity index is 514. The third kappa shape index (κ3) is 1.82. The smallest absolute Gasteiger partial charge is 0.371 e. The van der Waals surface area contributed by atoms with Crippen molar-refractivity contribution < 1.29 is 19.4 Å². The van der Waals surface area contributed by atoms with Crippen LogP contribution < -0.4 is 0 Å². The van der Waals surface area contributed by atoms with Gasteiger partial charge >= 0.3 is 5.97 Å². The Morgan fingerprint density at radius 1 is 1.50 bits per heavy atom. The van der Waals surface area contributed by atoms with Crippen molar-refractivity contribution in [1.29, 1.82) is 0 Å². The van der Waals surface area contributed by atoms with Gasteiger partial charge in [0.25, 0.3) is 0 Å². The summed E-state index contributed by atoms with van der Waals surface area (Å²) in [6.07, 6.45) is 0.633. The molecule has 6 heteroatoms. The molecule has 2 heterocycles. The molecule has 0 bridgehead atoms. The Kier molecular flexibility index (Phi) is 2.49. The van der Waals surface area contributed by atoms with Crippen LogP contribution in [0, 0.1) is 0 Å². The summed E-state index contributed by atoms with van der Waals surface area (Å²) in [6, 6.07) is 4.35. The second-order valence-electron chi connectivity index (χ2n) is 3.32. The van der Waals surface area contributed by atoms with Gasteiger partial charge in [0.15, 0.2) is 6.10 Å². The molecule has 1 atom stereocenters. The maximum Gasteiger partial charge on any atom is 0.371 e. The minimum atomic E-state index is -1.17. The first-order valence-corrected chi connectivity index (χ1v) is 4.58. The fraction of sp³-hybridized carbons (Fsp3) is 0.200. The number of furan rings is 1. The molecule has 2 rings (SSSR count).